The minimum absolute atomic E-state index is 0.0167. The number of likely N-dealkylation sites (N-methyl/N-ethyl adjacent to an activating group) is 1. The summed E-state index contributed by atoms with van der Waals surface area (Å²) in [5, 5.41) is 3.17. The van der Waals surface area contributed by atoms with E-state index in [1.165, 1.54) is 19.3 Å². The fraction of sp³-hybridized carbons (Fsp3) is 0.933. The summed E-state index contributed by atoms with van der Waals surface area (Å²) in [4.78, 5) is 14.6. The first-order chi connectivity index (χ1) is 8.94. The molecule has 2 rings (SSSR count). The van der Waals surface area contributed by atoms with Crippen molar-refractivity contribution in [3.8, 4) is 0 Å². The number of carbonyl (C=O) groups excluding carboxylic acids is 1. The molecule has 3 N–H and O–H groups in total. The van der Waals surface area contributed by atoms with Gasteiger partial charge in [-0.3, -0.25) is 4.79 Å². The topological polar surface area (TPSA) is 58.4 Å². The highest BCUT2D eigenvalue weighted by Gasteiger charge is 2.40. The molecular formula is C15H29N3O. The Labute approximate surface area is 117 Å². The Morgan fingerprint density at radius 2 is 2.05 bits per heavy atom. The summed E-state index contributed by atoms with van der Waals surface area (Å²) in [5.41, 5.74) is 6.31. The minimum Gasteiger partial charge on any atom is -0.354 e. The molecular weight excluding hydrogens is 238 g/mol. The summed E-state index contributed by atoms with van der Waals surface area (Å²) in [6.07, 6.45) is 6.74. The van der Waals surface area contributed by atoms with Crippen molar-refractivity contribution in [1.29, 1.82) is 0 Å². The first-order valence-corrected chi connectivity index (χ1v) is 7.65. The molecule has 2 saturated carbocycles. The van der Waals surface area contributed by atoms with Crippen LogP contribution in [-0.2, 0) is 4.79 Å². The van der Waals surface area contributed by atoms with E-state index in [0.29, 0.717) is 5.92 Å². The molecule has 0 radical (unpaired) electrons. The van der Waals surface area contributed by atoms with E-state index in [1.807, 2.05) is 0 Å². The summed E-state index contributed by atoms with van der Waals surface area (Å²) >= 11 is 0. The molecule has 0 bridgehead atoms. The zero-order valence-corrected chi connectivity index (χ0v) is 12.6. The van der Waals surface area contributed by atoms with Crippen LogP contribution in [0.2, 0.25) is 0 Å². The van der Waals surface area contributed by atoms with Gasteiger partial charge in [0.05, 0.1) is 5.92 Å². The monoisotopic (exact) mass is 267 g/mol. The number of rotatable bonds is 4. The van der Waals surface area contributed by atoms with E-state index in [4.69, 9.17) is 5.73 Å². The Balaban J connectivity index is 1.86. The number of amides is 1. The molecule has 4 nitrogen and oxygen atoms in total. The molecule has 0 spiro atoms. The van der Waals surface area contributed by atoms with E-state index >= 15 is 0 Å². The molecule has 4 heteroatoms. The van der Waals surface area contributed by atoms with E-state index in [1.54, 1.807) is 0 Å². The summed E-state index contributed by atoms with van der Waals surface area (Å²) in [7, 11) is 4.22. The number of nitrogens with two attached hydrogens (primary N) is 1. The van der Waals surface area contributed by atoms with Gasteiger partial charge in [0, 0.05) is 18.1 Å². The largest absolute Gasteiger partial charge is 0.354 e. The maximum Gasteiger partial charge on any atom is 0.224 e. The first kappa shape index (κ1) is 14.8. The standard InChI is InChI=1S/C15H29N3O/c1-11-5-6-13(16)12(9-11)14(19)17-10-15(18(2)3)7-4-8-15/h11-13H,4-10,16H2,1-3H3,(H,17,19). The van der Waals surface area contributed by atoms with Gasteiger partial charge in [-0.15, -0.1) is 0 Å². The van der Waals surface area contributed by atoms with Crippen LogP contribution in [0.25, 0.3) is 0 Å². The maximum atomic E-state index is 12.4. The number of nitrogens with zero attached hydrogens (tertiary/aromatic N) is 1. The van der Waals surface area contributed by atoms with Gasteiger partial charge in [0.25, 0.3) is 0 Å². The minimum atomic E-state index is 0.0167. The lowest BCUT2D eigenvalue weighted by atomic mass is 9.75. The predicted molar refractivity (Wildman–Crippen MR) is 77.8 cm³/mol. The summed E-state index contributed by atoms with van der Waals surface area (Å²) < 4.78 is 0. The summed E-state index contributed by atoms with van der Waals surface area (Å²) in [6.45, 7) is 3.00. The number of hydrogen-bond donors (Lipinski definition) is 2. The third-order valence-corrected chi connectivity index (χ3v) is 5.33. The molecule has 0 aromatic heterocycles. The Morgan fingerprint density at radius 3 is 2.58 bits per heavy atom. The maximum absolute atomic E-state index is 12.4. The smallest absolute Gasteiger partial charge is 0.224 e. The Hall–Kier alpha value is -0.610. The SMILES string of the molecule is CC1CCC(N)C(C(=O)NCC2(N(C)C)CCC2)C1. The van der Waals surface area contributed by atoms with Crippen LogP contribution in [0.3, 0.4) is 0 Å². The predicted octanol–water partition coefficient (Wildman–Crippen LogP) is 1.35. The average Bonchev–Trinajstić information content (AvgIpc) is 2.30. The van der Waals surface area contributed by atoms with E-state index in [0.717, 1.165) is 25.8 Å². The molecule has 110 valence electrons. The molecule has 2 fully saturated rings. The van der Waals surface area contributed by atoms with Crippen molar-refractivity contribution in [2.75, 3.05) is 20.6 Å². The molecule has 0 heterocycles. The molecule has 0 aromatic rings. The highest BCUT2D eigenvalue weighted by atomic mass is 16.1. The number of nitrogens with one attached hydrogen (secondary N) is 1. The second-order valence-electron chi connectivity index (χ2n) is 6.88. The molecule has 0 aromatic carbocycles. The van der Waals surface area contributed by atoms with E-state index in [2.05, 4.69) is 31.2 Å². The molecule has 0 aliphatic heterocycles. The first-order valence-electron chi connectivity index (χ1n) is 7.65. The van der Waals surface area contributed by atoms with Crippen LogP contribution in [0.1, 0.15) is 45.4 Å². The van der Waals surface area contributed by atoms with Crippen molar-refractivity contribution in [3.05, 3.63) is 0 Å². The van der Waals surface area contributed by atoms with E-state index in [-0.39, 0.29) is 23.4 Å². The molecule has 3 atom stereocenters. The van der Waals surface area contributed by atoms with Crippen LogP contribution in [0.4, 0.5) is 0 Å². The normalized spacial score (nSPS) is 33.8. The van der Waals surface area contributed by atoms with Gasteiger partial charge in [-0.25, -0.2) is 0 Å². The van der Waals surface area contributed by atoms with E-state index < -0.39 is 0 Å². The van der Waals surface area contributed by atoms with Crippen LogP contribution in [-0.4, -0.2) is 43.0 Å². The molecule has 0 saturated heterocycles. The fourth-order valence-corrected chi connectivity index (χ4v) is 3.46. The fourth-order valence-electron chi connectivity index (χ4n) is 3.46. The second kappa shape index (κ2) is 5.80. The second-order valence-corrected chi connectivity index (χ2v) is 6.88. The van der Waals surface area contributed by atoms with Gasteiger partial charge < -0.3 is 16.0 Å². The van der Waals surface area contributed by atoms with Crippen LogP contribution >= 0.6 is 0 Å². The van der Waals surface area contributed by atoms with Crippen molar-refractivity contribution < 1.29 is 4.79 Å². The van der Waals surface area contributed by atoms with Gasteiger partial charge in [0.15, 0.2) is 0 Å². The molecule has 19 heavy (non-hydrogen) atoms. The van der Waals surface area contributed by atoms with Gasteiger partial charge in [0.1, 0.15) is 0 Å². The lowest BCUT2D eigenvalue weighted by Gasteiger charge is -2.47. The van der Waals surface area contributed by atoms with Crippen molar-refractivity contribution in [3.63, 3.8) is 0 Å². The van der Waals surface area contributed by atoms with Crippen LogP contribution in [0.15, 0.2) is 0 Å². The van der Waals surface area contributed by atoms with Gasteiger partial charge in [-0.2, -0.15) is 0 Å². The molecule has 1 amide bonds. The van der Waals surface area contributed by atoms with Crippen molar-refractivity contribution in [1.82, 2.24) is 10.2 Å². The van der Waals surface area contributed by atoms with Crippen molar-refractivity contribution in [2.45, 2.75) is 57.0 Å². The molecule has 3 unspecified atom stereocenters. The Bertz CT molecular complexity index is 325. The highest BCUT2D eigenvalue weighted by Crippen LogP contribution is 2.35. The van der Waals surface area contributed by atoms with Crippen LogP contribution < -0.4 is 11.1 Å². The Morgan fingerprint density at radius 1 is 1.37 bits per heavy atom. The lowest BCUT2D eigenvalue weighted by Crippen LogP contribution is -2.58. The van der Waals surface area contributed by atoms with Gasteiger partial charge >= 0.3 is 0 Å². The third-order valence-electron chi connectivity index (χ3n) is 5.33. The van der Waals surface area contributed by atoms with Gasteiger partial charge in [0.2, 0.25) is 5.91 Å². The molecule has 2 aliphatic rings. The van der Waals surface area contributed by atoms with E-state index in [9.17, 15) is 4.79 Å². The summed E-state index contributed by atoms with van der Waals surface area (Å²) in [6, 6.07) is 0.0490. The van der Waals surface area contributed by atoms with Crippen LogP contribution in [0.5, 0.6) is 0 Å². The molecule has 2 aliphatic carbocycles. The summed E-state index contributed by atoms with van der Waals surface area (Å²) in [5.74, 6) is 0.817. The number of hydrogen-bond acceptors (Lipinski definition) is 3. The zero-order chi connectivity index (χ0) is 14.0. The van der Waals surface area contributed by atoms with Gasteiger partial charge in [-0.1, -0.05) is 6.92 Å². The average molecular weight is 267 g/mol. The highest BCUT2D eigenvalue weighted by molar-refractivity contribution is 5.79. The van der Waals surface area contributed by atoms with Crippen molar-refractivity contribution in [2.24, 2.45) is 17.6 Å². The van der Waals surface area contributed by atoms with Crippen LogP contribution in [0, 0.1) is 11.8 Å². The third kappa shape index (κ3) is 3.11. The quantitative estimate of drug-likeness (QED) is 0.808. The van der Waals surface area contributed by atoms with Crippen molar-refractivity contribution >= 4 is 5.91 Å². The lowest BCUT2D eigenvalue weighted by molar-refractivity contribution is -0.128. The van der Waals surface area contributed by atoms with Gasteiger partial charge in [-0.05, 0) is 58.5 Å². The zero-order valence-electron chi connectivity index (χ0n) is 12.6. The Kier molecular flexibility index (Phi) is 4.51. The number of carbonyl (C=O) groups is 1.